The quantitative estimate of drug-likeness (QED) is 0.627. The number of hydrogen-bond acceptors (Lipinski definition) is 6. The van der Waals surface area contributed by atoms with Gasteiger partial charge in [-0.25, -0.2) is 9.59 Å². The van der Waals surface area contributed by atoms with E-state index in [1.807, 2.05) is 24.3 Å². The number of methoxy groups -OCH3 is 2. The van der Waals surface area contributed by atoms with Crippen molar-refractivity contribution in [1.82, 2.24) is 4.90 Å². The summed E-state index contributed by atoms with van der Waals surface area (Å²) in [6.07, 6.45) is 0.653. The van der Waals surface area contributed by atoms with Crippen LogP contribution in [0.5, 0.6) is 0 Å². The van der Waals surface area contributed by atoms with E-state index in [-0.39, 0.29) is 16.8 Å². The average Bonchev–Trinajstić information content (AvgIpc) is 2.76. The molecule has 0 aliphatic carbocycles. The Bertz CT molecular complexity index is 985. The van der Waals surface area contributed by atoms with Gasteiger partial charge in [0.15, 0.2) is 0 Å². The van der Waals surface area contributed by atoms with Crippen LogP contribution < -0.4 is 5.32 Å². The first-order valence-corrected chi connectivity index (χ1v) is 8.92. The highest BCUT2D eigenvalue weighted by molar-refractivity contribution is 6.40. The van der Waals surface area contributed by atoms with E-state index in [4.69, 9.17) is 4.74 Å². The molecule has 1 heterocycles. The largest absolute Gasteiger partial charge is 0.465 e. The number of nitrogens with zero attached hydrogens (tertiary/aromatic N) is 1. The van der Waals surface area contributed by atoms with Gasteiger partial charge in [0.2, 0.25) is 0 Å². The van der Waals surface area contributed by atoms with E-state index >= 15 is 0 Å². The van der Waals surface area contributed by atoms with Gasteiger partial charge in [0, 0.05) is 13.1 Å². The number of benzene rings is 2. The van der Waals surface area contributed by atoms with Gasteiger partial charge in [-0.15, -0.1) is 0 Å². The monoisotopic (exact) mass is 396 g/mol. The van der Waals surface area contributed by atoms with Crippen molar-refractivity contribution < 1.29 is 28.7 Å². The topological polar surface area (TPSA) is 102 Å². The van der Waals surface area contributed by atoms with Crippen molar-refractivity contribution in [2.75, 3.05) is 26.1 Å². The Balaban J connectivity index is 1.81. The van der Waals surface area contributed by atoms with Crippen LogP contribution in [0.15, 0.2) is 42.5 Å². The molecule has 150 valence electrons. The van der Waals surface area contributed by atoms with Crippen LogP contribution in [0.2, 0.25) is 0 Å². The van der Waals surface area contributed by atoms with Crippen molar-refractivity contribution in [3.05, 3.63) is 64.7 Å². The van der Waals surface area contributed by atoms with E-state index in [1.165, 1.54) is 37.3 Å². The summed E-state index contributed by atoms with van der Waals surface area (Å²) in [4.78, 5) is 50.4. The summed E-state index contributed by atoms with van der Waals surface area (Å²) in [6.45, 7) is 0.740. The zero-order chi connectivity index (χ0) is 21.0. The number of rotatable bonds is 3. The van der Waals surface area contributed by atoms with Crippen LogP contribution >= 0.6 is 0 Å². The number of carbonyl (C=O) groups excluding carboxylic acids is 4. The lowest BCUT2D eigenvalue weighted by Gasteiger charge is -2.28. The molecular formula is C21H20N2O6. The molecule has 0 unspecified atom stereocenters. The molecule has 8 heteroatoms. The van der Waals surface area contributed by atoms with Crippen LogP contribution in [-0.2, 0) is 32.0 Å². The second-order valence-corrected chi connectivity index (χ2v) is 6.44. The van der Waals surface area contributed by atoms with Crippen LogP contribution in [0, 0.1) is 0 Å². The Hall–Kier alpha value is -3.68. The number of fused-ring (bicyclic) bond motifs is 1. The van der Waals surface area contributed by atoms with E-state index in [9.17, 15) is 19.2 Å². The van der Waals surface area contributed by atoms with E-state index in [2.05, 4.69) is 10.1 Å². The number of carbonyl (C=O) groups is 4. The van der Waals surface area contributed by atoms with Gasteiger partial charge in [0.1, 0.15) is 0 Å². The smallest absolute Gasteiger partial charge is 0.339 e. The third-order valence-corrected chi connectivity index (χ3v) is 4.71. The molecule has 0 fully saturated rings. The van der Waals surface area contributed by atoms with E-state index < -0.39 is 23.8 Å². The van der Waals surface area contributed by atoms with Crippen molar-refractivity contribution in [2.45, 2.75) is 13.0 Å². The van der Waals surface area contributed by atoms with Crippen molar-refractivity contribution in [3.63, 3.8) is 0 Å². The van der Waals surface area contributed by atoms with E-state index in [1.54, 1.807) is 0 Å². The summed E-state index contributed by atoms with van der Waals surface area (Å²) < 4.78 is 9.36. The second-order valence-electron chi connectivity index (χ2n) is 6.44. The summed E-state index contributed by atoms with van der Waals surface area (Å²) in [7, 11) is 2.41. The van der Waals surface area contributed by atoms with Gasteiger partial charge >= 0.3 is 23.8 Å². The normalized spacial score (nSPS) is 12.6. The third kappa shape index (κ3) is 4.26. The van der Waals surface area contributed by atoms with Crippen LogP contribution in [0.1, 0.15) is 31.8 Å². The number of anilines is 1. The highest BCUT2D eigenvalue weighted by atomic mass is 16.5. The molecule has 0 radical (unpaired) electrons. The molecule has 8 nitrogen and oxygen atoms in total. The molecule has 0 saturated carbocycles. The fourth-order valence-corrected chi connectivity index (χ4v) is 3.17. The van der Waals surface area contributed by atoms with Gasteiger partial charge in [-0.3, -0.25) is 9.59 Å². The second kappa shape index (κ2) is 8.55. The molecule has 1 aliphatic heterocycles. The van der Waals surface area contributed by atoms with Gasteiger partial charge in [-0.1, -0.05) is 24.3 Å². The molecule has 2 amide bonds. The Morgan fingerprint density at radius 3 is 2.31 bits per heavy atom. The molecule has 0 atom stereocenters. The molecule has 2 aromatic rings. The number of nitrogens with one attached hydrogen (secondary N) is 1. The van der Waals surface area contributed by atoms with Gasteiger partial charge in [0.25, 0.3) is 0 Å². The number of ether oxygens (including phenoxy) is 2. The maximum Gasteiger partial charge on any atom is 0.339 e. The first-order chi connectivity index (χ1) is 13.9. The van der Waals surface area contributed by atoms with Crippen molar-refractivity contribution in [1.29, 1.82) is 0 Å². The van der Waals surface area contributed by atoms with Gasteiger partial charge < -0.3 is 19.7 Å². The number of hydrogen-bond donors (Lipinski definition) is 1. The van der Waals surface area contributed by atoms with Crippen molar-refractivity contribution in [2.24, 2.45) is 0 Å². The minimum Gasteiger partial charge on any atom is -0.465 e. The average molecular weight is 396 g/mol. The van der Waals surface area contributed by atoms with Crippen LogP contribution in [0.4, 0.5) is 5.69 Å². The fraction of sp³-hybridized carbons (Fsp3) is 0.238. The highest BCUT2D eigenvalue weighted by Gasteiger charge is 2.27. The molecule has 0 bridgehead atoms. The van der Waals surface area contributed by atoms with Crippen molar-refractivity contribution in [3.8, 4) is 0 Å². The Morgan fingerprint density at radius 2 is 1.62 bits per heavy atom. The summed E-state index contributed by atoms with van der Waals surface area (Å²) in [5, 5.41) is 2.43. The zero-order valence-corrected chi connectivity index (χ0v) is 16.1. The molecule has 1 N–H and O–H groups in total. The van der Waals surface area contributed by atoms with Crippen LogP contribution in [0.3, 0.4) is 0 Å². The molecule has 29 heavy (non-hydrogen) atoms. The third-order valence-electron chi connectivity index (χ3n) is 4.71. The molecule has 0 saturated heterocycles. The molecule has 2 aromatic carbocycles. The lowest BCUT2D eigenvalue weighted by atomic mass is 10.00. The summed E-state index contributed by atoms with van der Waals surface area (Å²) >= 11 is 0. The van der Waals surface area contributed by atoms with Crippen LogP contribution in [0.25, 0.3) is 0 Å². The van der Waals surface area contributed by atoms with Gasteiger partial charge in [-0.05, 0) is 35.7 Å². The molecule has 3 rings (SSSR count). The molecule has 1 aliphatic rings. The molecule has 0 aromatic heterocycles. The fourth-order valence-electron chi connectivity index (χ4n) is 3.17. The summed E-state index contributed by atoms with van der Waals surface area (Å²) in [6, 6.07) is 11.7. The molecular weight excluding hydrogens is 376 g/mol. The Labute approximate surface area is 167 Å². The van der Waals surface area contributed by atoms with Crippen molar-refractivity contribution >= 4 is 29.4 Å². The maximum atomic E-state index is 12.6. The zero-order valence-electron chi connectivity index (χ0n) is 16.1. The minimum atomic E-state index is -0.906. The summed E-state index contributed by atoms with van der Waals surface area (Å²) in [5.74, 6) is -2.98. The highest BCUT2D eigenvalue weighted by Crippen LogP contribution is 2.21. The Morgan fingerprint density at radius 1 is 0.931 bits per heavy atom. The SMILES string of the molecule is COC(=O)c1ccc(C(=O)OC)c(NC(=O)C(=O)N2CCc3ccccc3C2)c1. The van der Waals surface area contributed by atoms with Gasteiger partial charge in [0.05, 0.1) is 31.0 Å². The number of amides is 2. The van der Waals surface area contributed by atoms with Gasteiger partial charge in [-0.2, -0.15) is 0 Å². The minimum absolute atomic E-state index is 0.00416. The predicted molar refractivity (Wildman–Crippen MR) is 103 cm³/mol. The number of esters is 2. The first kappa shape index (κ1) is 20.1. The Kier molecular flexibility index (Phi) is 5.92. The van der Waals surface area contributed by atoms with Crippen LogP contribution in [-0.4, -0.2) is 49.4 Å². The standard InChI is InChI=1S/C21H20N2O6/c1-28-20(26)14-7-8-16(21(27)29-2)17(11-14)22-18(24)19(25)23-10-9-13-5-3-4-6-15(13)12-23/h3-8,11H,9-10,12H2,1-2H3,(H,22,24). The summed E-state index contributed by atoms with van der Waals surface area (Å²) in [5.41, 5.74) is 2.27. The maximum absolute atomic E-state index is 12.6. The van der Waals surface area contributed by atoms with E-state index in [0.717, 1.165) is 11.1 Å². The first-order valence-electron chi connectivity index (χ1n) is 8.92. The predicted octanol–water partition coefficient (Wildman–Crippen LogP) is 1.78. The lowest BCUT2D eigenvalue weighted by Crippen LogP contribution is -2.42. The van der Waals surface area contributed by atoms with E-state index in [0.29, 0.717) is 19.5 Å². The lowest BCUT2D eigenvalue weighted by molar-refractivity contribution is -0.143. The molecule has 0 spiro atoms.